The van der Waals surface area contributed by atoms with Gasteiger partial charge in [0, 0.05) is 22.8 Å². The van der Waals surface area contributed by atoms with Gasteiger partial charge in [-0.25, -0.2) is 9.97 Å². The minimum absolute atomic E-state index is 0.0205. The molecule has 4 aromatic rings. The molecule has 7 rings (SSSR count). The van der Waals surface area contributed by atoms with Gasteiger partial charge in [-0.2, -0.15) is 4.98 Å². The first kappa shape index (κ1) is 17.3. The van der Waals surface area contributed by atoms with E-state index >= 15 is 0 Å². The zero-order valence-corrected chi connectivity index (χ0v) is 17.0. The van der Waals surface area contributed by atoms with Crippen LogP contribution in [0.2, 0.25) is 5.02 Å². The number of fused-ring (bicyclic) bond motifs is 2. The molecule has 1 spiro atoms. The Morgan fingerprint density at radius 2 is 2.16 bits per heavy atom. The second-order valence-corrected chi connectivity index (χ2v) is 9.01. The first-order chi connectivity index (χ1) is 15.1. The maximum Gasteiger partial charge on any atom is 0.263 e. The fourth-order valence-corrected chi connectivity index (χ4v) is 5.59. The number of aromatic nitrogens is 6. The van der Waals surface area contributed by atoms with Gasteiger partial charge in [0.1, 0.15) is 12.9 Å². The molecule has 0 radical (unpaired) electrons. The lowest BCUT2D eigenvalue weighted by Crippen LogP contribution is -2.21. The fraction of sp³-hybridized carbons (Fsp3) is 0.273. The summed E-state index contributed by atoms with van der Waals surface area (Å²) in [5.41, 5.74) is 2.61. The fourth-order valence-electron chi connectivity index (χ4n) is 5.43. The summed E-state index contributed by atoms with van der Waals surface area (Å²) < 4.78 is 6.97. The lowest BCUT2D eigenvalue weighted by atomic mass is 10.0. The summed E-state index contributed by atoms with van der Waals surface area (Å²) in [5, 5.41) is 5.43. The summed E-state index contributed by atoms with van der Waals surface area (Å²) in [6, 6.07) is 7.13. The van der Waals surface area contributed by atoms with E-state index in [2.05, 4.69) is 31.2 Å². The number of hydrogen-bond donors (Lipinski definition) is 0. The largest absolute Gasteiger partial charge is 0.337 e. The topological polar surface area (TPSA) is 99.6 Å². The van der Waals surface area contributed by atoms with Gasteiger partial charge in [0.15, 0.2) is 11.5 Å². The number of nitrogens with zero attached hydrogens (tertiary/aromatic N) is 6. The third-order valence-corrected chi connectivity index (χ3v) is 7.33. The van der Waals surface area contributed by atoms with Crippen LogP contribution < -0.4 is 5.56 Å². The predicted octanol–water partition coefficient (Wildman–Crippen LogP) is 3.02. The lowest BCUT2D eigenvalue weighted by Gasteiger charge is -2.05. The van der Waals surface area contributed by atoms with Crippen molar-refractivity contribution in [3.8, 4) is 0 Å². The maximum absolute atomic E-state index is 12.7. The highest BCUT2D eigenvalue weighted by molar-refractivity contribution is 6.30. The first-order valence-corrected chi connectivity index (χ1v) is 10.4. The Kier molecular flexibility index (Phi) is 3.15. The molecule has 0 N–H and O–H groups in total. The van der Waals surface area contributed by atoms with E-state index in [9.17, 15) is 4.79 Å². The Bertz CT molecular complexity index is 1490. The average Bonchev–Trinajstić information content (AvgIpc) is 3.38. The summed E-state index contributed by atoms with van der Waals surface area (Å²) in [6.45, 7) is 0.185. The molecule has 152 valence electrons. The van der Waals surface area contributed by atoms with Crippen molar-refractivity contribution < 1.29 is 4.52 Å². The van der Waals surface area contributed by atoms with Crippen molar-refractivity contribution in [3.05, 3.63) is 81.8 Å². The van der Waals surface area contributed by atoms with Crippen molar-refractivity contribution in [2.24, 2.45) is 11.3 Å². The molecular weight excluding hydrogens is 416 g/mol. The van der Waals surface area contributed by atoms with E-state index in [-0.39, 0.29) is 22.9 Å². The molecule has 8 nitrogen and oxygen atoms in total. The lowest BCUT2D eigenvalue weighted by molar-refractivity contribution is 0.362. The van der Waals surface area contributed by atoms with E-state index in [0.29, 0.717) is 27.9 Å². The molecular formula is C22H15ClN6O2. The molecule has 0 saturated heterocycles. The van der Waals surface area contributed by atoms with Crippen LogP contribution in [0, 0.1) is 11.3 Å². The Balaban J connectivity index is 1.15. The van der Waals surface area contributed by atoms with Gasteiger partial charge in [0.2, 0.25) is 5.89 Å². The molecule has 4 heterocycles. The number of halogens is 1. The van der Waals surface area contributed by atoms with Crippen LogP contribution in [-0.4, -0.2) is 29.7 Å². The van der Waals surface area contributed by atoms with Gasteiger partial charge in [-0.15, -0.1) is 0 Å². The highest BCUT2D eigenvalue weighted by Gasteiger charge is 2.93. The molecule has 1 unspecified atom stereocenters. The van der Waals surface area contributed by atoms with Gasteiger partial charge in [-0.1, -0.05) is 22.8 Å². The van der Waals surface area contributed by atoms with Crippen LogP contribution in [0.1, 0.15) is 30.3 Å². The molecule has 0 aliphatic heterocycles. The minimum Gasteiger partial charge on any atom is -0.337 e. The first-order valence-electron chi connectivity index (χ1n) is 10.1. The van der Waals surface area contributed by atoms with E-state index in [4.69, 9.17) is 16.1 Å². The van der Waals surface area contributed by atoms with Crippen molar-refractivity contribution in [3.63, 3.8) is 0 Å². The quantitative estimate of drug-likeness (QED) is 0.490. The minimum atomic E-state index is -0.177. The monoisotopic (exact) mass is 430 g/mol. The molecule has 31 heavy (non-hydrogen) atoms. The standard InChI is InChI=1S/C22H15ClN6O2/c23-13-3-5-24-15(7-13)12-6-16-21(8-12)10-22(16,21)20-27-17(31-28-20)9-29-11-26-18-14(19(29)30)2-1-4-25-18/h1-7,11,16H,8-10H2/t16-,21-,22?/m1/s1. The van der Waals surface area contributed by atoms with E-state index in [1.807, 2.05) is 6.07 Å². The second-order valence-electron chi connectivity index (χ2n) is 8.57. The zero-order valence-electron chi connectivity index (χ0n) is 16.2. The Hall–Kier alpha value is -3.39. The number of pyridine rings is 2. The number of hydrogen-bond acceptors (Lipinski definition) is 7. The van der Waals surface area contributed by atoms with Gasteiger partial charge in [-0.3, -0.25) is 14.3 Å². The predicted molar refractivity (Wildman–Crippen MR) is 111 cm³/mol. The highest BCUT2D eigenvalue weighted by atomic mass is 35.5. The van der Waals surface area contributed by atoms with Crippen molar-refractivity contribution in [1.82, 2.24) is 29.7 Å². The molecule has 3 atom stereocenters. The Morgan fingerprint density at radius 3 is 3.00 bits per heavy atom. The average molecular weight is 431 g/mol. The Labute approximate surface area is 180 Å². The van der Waals surface area contributed by atoms with Crippen molar-refractivity contribution >= 4 is 28.2 Å². The normalized spacial score (nSPS) is 27.6. The van der Waals surface area contributed by atoms with Crippen LogP contribution >= 0.6 is 11.6 Å². The van der Waals surface area contributed by atoms with Crippen LogP contribution in [0.3, 0.4) is 0 Å². The molecule has 4 aromatic heterocycles. The van der Waals surface area contributed by atoms with Crippen LogP contribution in [0.25, 0.3) is 16.6 Å². The van der Waals surface area contributed by atoms with Gasteiger partial charge < -0.3 is 4.52 Å². The van der Waals surface area contributed by atoms with Crippen molar-refractivity contribution in [1.29, 1.82) is 0 Å². The third kappa shape index (κ3) is 2.20. The SMILES string of the molecule is O=c1c2cccnc2ncn1Cc1nc(C23C[C@@]24CC(c2cc(Cl)ccn2)=C[C@@H]34)no1. The molecule has 2 saturated carbocycles. The van der Waals surface area contributed by atoms with Gasteiger partial charge in [0.25, 0.3) is 5.56 Å². The second kappa shape index (κ2) is 5.64. The van der Waals surface area contributed by atoms with Crippen LogP contribution in [0.15, 0.2) is 58.4 Å². The molecule has 0 aromatic carbocycles. The van der Waals surface area contributed by atoms with Crippen LogP contribution in [0.4, 0.5) is 0 Å². The van der Waals surface area contributed by atoms with Crippen LogP contribution in [0.5, 0.6) is 0 Å². The zero-order chi connectivity index (χ0) is 20.8. The summed E-state index contributed by atoms with van der Waals surface area (Å²) in [5.74, 6) is 1.56. The summed E-state index contributed by atoms with van der Waals surface area (Å²) in [6.07, 6.45) is 9.12. The van der Waals surface area contributed by atoms with Gasteiger partial charge in [0.05, 0.1) is 11.1 Å². The molecule has 9 heteroatoms. The summed E-state index contributed by atoms with van der Waals surface area (Å²) in [7, 11) is 0. The van der Waals surface area contributed by atoms with Gasteiger partial charge in [-0.05, 0) is 54.0 Å². The maximum atomic E-state index is 12.7. The number of rotatable bonds is 4. The van der Waals surface area contributed by atoms with E-state index in [1.165, 1.54) is 16.5 Å². The van der Waals surface area contributed by atoms with E-state index in [1.54, 1.807) is 30.6 Å². The third-order valence-electron chi connectivity index (χ3n) is 7.10. The summed E-state index contributed by atoms with van der Waals surface area (Å²) >= 11 is 6.12. The molecule has 3 aliphatic carbocycles. The molecule has 3 aliphatic rings. The van der Waals surface area contributed by atoms with E-state index in [0.717, 1.165) is 24.4 Å². The highest BCUT2D eigenvalue weighted by Crippen LogP contribution is 2.94. The van der Waals surface area contributed by atoms with Crippen molar-refractivity contribution in [2.45, 2.75) is 24.8 Å². The molecule has 0 bridgehead atoms. The Morgan fingerprint density at radius 1 is 1.23 bits per heavy atom. The molecule has 0 amide bonds. The van der Waals surface area contributed by atoms with Gasteiger partial charge >= 0.3 is 0 Å². The summed E-state index contributed by atoms with van der Waals surface area (Å²) in [4.78, 5) is 30.1. The molecule has 2 fully saturated rings. The van der Waals surface area contributed by atoms with Crippen molar-refractivity contribution in [2.75, 3.05) is 0 Å². The smallest absolute Gasteiger partial charge is 0.263 e. The number of allylic oxidation sites excluding steroid dienone is 2. The van der Waals surface area contributed by atoms with Crippen LogP contribution in [-0.2, 0) is 12.0 Å². The van der Waals surface area contributed by atoms with E-state index < -0.39 is 0 Å².